The minimum absolute atomic E-state index is 0.328. The molecule has 0 atom stereocenters. The van der Waals surface area contributed by atoms with E-state index >= 15 is 0 Å². The molecule has 0 heterocycles. The van der Waals surface area contributed by atoms with Crippen LogP contribution in [0, 0.1) is 0 Å². The molecule has 0 aromatic heterocycles. The second kappa shape index (κ2) is 6.44. The van der Waals surface area contributed by atoms with E-state index in [1.165, 1.54) is 6.08 Å². The molecule has 0 aromatic carbocycles. The summed E-state index contributed by atoms with van der Waals surface area (Å²) in [6.07, 6.45) is 6.48. The molecule has 80 valence electrons. The average Bonchev–Trinajstić information content (AvgIpc) is 2.00. The van der Waals surface area contributed by atoms with Crippen molar-refractivity contribution < 1.29 is 9.53 Å². The molecule has 0 saturated carbocycles. The summed E-state index contributed by atoms with van der Waals surface area (Å²) in [5, 5.41) is 0. The molecule has 0 bridgehead atoms. The third kappa shape index (κ3) is 9.08. The maximum Gasteiger partial charge on any atom is 0.339 e. The van der Waals surface area contributed by atoms with Crippen LogP contribution in [0.3, 0.4) is 0 Å². The fourth-order valence-corrected chi connectivity index (χ4v) is 0.848. The van der Waals surface area contributed by atoms with Crippen LogP contribution in [0.5, 0.6) is 0 Å². The Morgan fingerprint density at radius 3 is 2.57 bits per heavy atom. The Balaban J connectivity index is 3.88. The van der Waals surface area contributed by atoms with Crippen LogP contribution in [-0.4, -0.2) is 11.6 Å². The normalized spacial score (nSPS) is 10.3. The Kier molecular flexibility index (Phi) is 5.98. The van der Waals surface area contributed by atoms with E-state index in [1.54, 1.807) is 0 Å². The zero-order valence-electron chi connectivity index (χ0n) is 9.59. The predicted octanol–water partition coefficient (Wildman–Crippen LogP) is 3.23. The molecular formula is C12H20O2. The zero-order chi connectivity index (χ0) is 11.0. The Morgan fingerprint density at radius 2 is 2.07 bits per heavy atom. The van der Waals surface area contributed by atoms with Gasteiger partial charge in [0, 0.05) is 0 Å². The van der Waals surface area contributed by atoms with Crippen molar-refractivity contribution in [3.8, 4) is 0 Å². The van der Waals surface area contributed by atoms with Gasteiger partial charge in [0.15, 0.2) is 0 Å². The van der Waals surface area contributed by atoms with Gasteiger partial charge in [-0.15, -0.1) is 5.73 Å². The molecule has 0 saturated heterocycles. The van der Waals surface area contributed by atoms with Gasteiger partial charge >= 0.3 is 5.97 Å². The van der Waals surface area contributed by atoms with Crippen molar-refractivity contribution in [3.63, 3.8) is 0 Å². The molecule has 0 unspecified atom stereocenters. The zero-order valence-corrected chi connectivity index (χ0v) is 9.59. The van der Waals surface area contributed by atoms with Crippen molar-refractivity contribution in [1.29, 1.82) is 0 Å². The lowest BCUT2D eigenvalue weighted by molar-refractivity contribution is -0.148. The number of carbonyl (C=O) groups is 1. The molecule has 0 aliphatic rings. The number of esters is 1. The van der Waals surface area contributed by atoms with Crippen LogP contribution < -0.4 is 0 Å². The number of rotatable bonds is 4. The lowest BCUT2D eigenvalue weighted by Gasteiger charge is -2.17. The maximum atomic E-state index is 11.1. The third-order valence-corrected chi connectivity index (χ3v) is 1.43. The van der Waals surface area contributed by atoms with Gasteiger partial charge in [-0.3, -0.25) is 0 Å². The minimum atomic E-state index is -0.418. The van der Waals surface area contributed by atoms with Gasteiger partial charge in [0.25, 0.3) is 0 Å². The number of ether oxygens (including phenoxy) is 1. The van der Waals surface area contributed by atoms with Gasteiger partial charge in [0.05, 0.1) is 6.08 Å². The third-order valence-electron chi connectivity index (χ3n) is 1.43. The van der Waals surface area contributed by atoms with Gasteiger partial charge in [0.2, 0.25) is 0 Å². The first-order chi connectivity index (χ1) is 6.45. The molecule has 2 heteroatoms. The van der Waals surface area contributed by atoms with Crippen molar-refractivity contribution in [2.75, 3.05) is 0 Å². The number of carbonyl (C=O) groups excluding carboxylic acids is 1. The SMILES string of the molecule is CCCCC=C=CC(=O)OC(C)(C)C. The summed E-state index contributed by atoms with van der Waals surface area (Å²) in [5.41, 5.74) is 2.40. The number of hydrogen-bond donors (Lipinski definition) is 0. The van der Waals surface area contributed by atoms with E-state index in [-0.39, 0.29) is 5.97 Å². The molecule has 0 N–H and O–H groups in total. The number of hydrogen-bond acceptors (Lipinski definition) is 2. The second-order valence-electron chi connectivity index (χ2n) is 4.19. The van der Waals surface area contributed by atoms with E-state index < -0.39 is 5.60 Å². The number of unbranched alkanes of at least 4 members (excludes halogenated alkanes) is 2. The molecule has 0 fully saturated rings. The largest absolute Gasteiger partial charge is 0.456 e. The Bertz CT molecular complexity index is 227. The summed E-state index contributed by atoms with van der Waals surface area (Å²) in [5.74, 6) is -0.328. The minimum Gasteiger partial charge on any atom is -0.456 e. The van der Waals surface area contributed by atoms with Gasteiger partial charge in [-0.05, 0) is 39.7 Å². The summed E-state index contributed by atoms with van der Waals surface area (Å²) in [6, 6.07) is 0. The Hall–Kier alpha value is -1.01. The monoisotopic (exact) mass is 196 g/mol. The highest BCUT2D eigenvalue weighted by molar-refractivity contribution is 5.82. The highest BCUT2D eigenvalue weighted by Crippen LogP contribution is 2.06. The van der Waals surface area contributed by atoms with Crippen molar-refractivity contribution in [2.45, 2.75) is 52.6 Å². The summed E-state index contributed by atoms with van der Waals surface area (Å²) in [7, 11) is 0. The van der Waals surface area contributed by atoms with Gasteiger partial charge in [-0.25, -0.2) is 4.79 Å². The predicted molar refractivity (Wildman–Crippen MR) is 58.0 cm³/mol. The maximum absolute atomic E-state index is 11.1. The standard InChI is InChI=1S/C12H20O2/c1-5-6-7-8-9-10-11(13)14-12(2,3)4/h8,10H,5-7H2,1-4H3. The van der Waals surface area contributed by atoms with Crippen molar-refractivity contribution in [1.82, 2.24) is 0 Å². The van der Waals surface area contributed by atoms with E-state index in [1.807, 2.05) is 26.8 Å². The smallest absolute Gasteiger partial charge is 0.339 e. The van der Waals surface area contributed by atoms with E-state index in [9.17, 15) is 4.79 Å². The Morgan fingerprint density at radius 1 is 1.43 bits per heavy atom. The van der Waals surface area contributed by atoms with Crippen molar-refractivity contribution >= 4 is 5.97 Å². The molecule has 0 aromatic rings. The van der Waals surface area contributed by atoms with Crippen LogP contribution in [-0.2, 0) is 9.53 Å². The summed E-state index contributed by atoms with van der Waals surface area (Å²) in [4.78, 5) is 11.1. The Labute approximate surface area is 86.6 Å². The van der Waals surface area contributed by atoms with Crippen LogP contribution in [0.15, 0.2) is 17.9 Å². The molecule has 2 nitrogen and oxygen atoms in total. The lowest BCUT2D eigenvalue weighted by atomic mass is 10.2. The summed E-state index contributed by atoms with van der Waals surface area (Å²) < 4.78 is 5.07. The molecule has 14 heavy (non-hydrogen) atoms. The van der Waals surface area contributed by atoms with Crippen LogP contribution in [0.1, 0.15) is 47.0 Å². The van der Waals surface area contributed by atoms with Crippen LogP contribution in [0.4, 0.5) is 0 Å². The van der Waals surface area contributed by atoms with E-state index in [0.717, 1.165) is 19.3 Å². The van der Waals surface area contributed by atoms with Crippen LogP contribution in [0.25, 0.3) is 0 Å². The molecule has 0 rings (SSSR count). The van der Waals surface area contributed by atoms with Gasteiger partial charge in [-0.2, -0.15) is 0 Å². The quantitative estimate of drug-likeness (QED) is 0.298. The van der Waals surface area contributed by atoms with E-state index in [4.69, 9.17) is 4.74 Å². The highest BCUT2D eigenvalue weighted by Gasteiger charge is 2.13. The van der Waals surface area contributed by atoms with Gasteiger partial charge < -0.3 is 4.74 Å². The fraction of sp³-hybridized carbons (Fsp3) is 0.667. The summed E-state index contributed by atoms with van der Waals surface area (Å²) in [6.45, 7) is 7.67. The second-order valence-corrected chi connectivity index (χ2v) is 4.19. The van der Waals surface area contributed by atoms with Crippen molar-refractivity contribution in [3.05, 3.63) is 17.9 Å². The molecule has 0 aliphatic heterocycles. The average molecular weight is 196 g/mol. The molecule has 0 radical (unpaired) electrons. The molecule has 0 amide bonds. The van der Waals surface area contributed by atoms with E-state index in [2.05, 4.69) is 12.7 Å². The van der Waals surface area contributed by atoms with Crippen LogP contribution in [0.2, 0.25) is 0 Å². The first-order valence-corrected chi connectivity index (χ1v) is 5.09. The van der Waals surface area contributed by atoms with E-state index in [0.29, 0.717) is 0 Å². The van der Waals surface area contributed by atoms with Crippen LogP contribution >= 0.6 is 0 Å². The van der Waals surface area contributed by atoms with Gasteiger partial charge in [0.1, 0.15) is 5.60 Å². The van der Waals surface area contributed by atoms with Gasteiger partial charge in [-0.1, -0.05) is 13.3 Å². The first-order valence-electron chi connectivity index (χ1n) is 5.09. The molecular weight excluding hydrogens is 176 g/mol. The van der Waals surface area contributed by atoms with Crippen molar-refractivity contribution in [2.24, 2.45) is 0 Å². The lowest BCUT2D eigenvalue weighted by Crippen LogP contribution is -2.22. The summed E-state index contributed by atoms with van der Waals surface area (Å²) >= 11 is 0. The first kappa shape index (κ1) is 13.0. The molecule has 0 aliphatic carbocycles. The topological polar surface area (TPSA) is 26.3 Å². The highest BCUT2D eigenvalue weighted by atomic mass is 16.6. The molecule has 0 spiro atoms. The fourth-order valence-electron chi connectivity index (χ4n) is 0.848.